The van der Waals surface area contributed by atoms with Gasteiger partial charge in [-0.3, -0.25) is 4.79 Å². The molecule has 0 spiro atoms. The molecule has 0 heterocycles. The maximum Gasteiger partial charge on any atom is 0.220 e. The van der Waals surface area contributed by atoms with Gasteiger partial charge in [0.05, 0.1) is 0 Å². The number of nitrogens with one attached hydrogen (secondary N) is 2. The van der Waals surface area contributed by atoms with Crippen molar-refractivity contribution in [1.29, 1.82) is 0 Å². The Bertz CT molecular complexity index is 211. The van der Waals surface area contributed by atoms with Gasteiger partial charge in [-0.15, -0.1) is 24.8 Å². The summed E-state index contributed by atoms with van der Waals surface area (Å²) in [4.78, 5) is 13.6. The van der Waals surface area contributed by atoms with E-state index in [1.165, 1.54) is 0 Å². The van der Waals surface area contributed by atoms with Crippen molar-refractivity contribution in [3.63, 3.8) is 0 Å². The number of nitrogens with zero attached hydrogens (tertiary/aromatic N) is 1. The Balaban J connectivity index is -0.00000112. The van der Waals surface area contributed by atoms with Crippen LogP contribution >= 0.6 is 24.8 Å². The zero-order valence-corrected chi connectivity index (χ0v) is 13.8. The topological polar surface area (TPSA) is 44.4 Å². The lowest BCUT2D eigenvalue weighted by molar-refractivity contribution is -0.121. The van der Waals surface area contributed by atoms with Crippen molar-refractivity contribution in [3.05, 3.63) is 0 Å². The molecule has 0 atom stereocenters. The molecule has 0 aromatic rings. The van der Waals surface area contributed by atoms with Gasteiger partial charge in [0.2, 0.25) is 5.91 Å². The van der Waals surface area contributed by atoms with Crippen molar-refractivity contribution < 1.29 is 4.79 Å². The summed E-state index contributed by atoms with van der Waals surface area (Å²) in [6, 6.07) is 0. The van der Waals surface area contributed by atoms with Gasteiger partial charge in [0, 0.05) is 19.5 Å². The summed E-state index contributed by atoms with van der Waals surface area (Å²) in [7, 11) is 6.01. The Hall–Kier alpha value is -0.0300. The Morgan fingerprint density at radius 2 is 1.78 bits per heavy atom. The van der Waals surface area contributed by atoms with Crippen molar-refractivity contribution in [2.75, 3.05) is 40.8 Å². The minimum atomic E-state index is 0. The van der Waals surface area contributed by atoms with Gasteiger partial charge in [0.1, 0.15) is 0 Å². The van der Waals surface area contributed by atoms with E-state index in [0.717, 1.165) is 26.1 Å². The van der Waals surface area contributed by atoms with Crippen LogP contribution in [0.5, 0.6) is 0 Å². The highest BCUT2D eigenvalue weighted by atomic mass is 35.5. The minimum Gasteiger partial charge on any atom is -0.356 e. The number of rotatable bonds is 8. The maximum absolute atomic E-state index is 11.5. The van der Waals surface area contributed by atoms with Gasteiger partial charge in [-0.1, -0.05) is 13.8 Å². The molecule has 0 fully saturated rings. The number of hydrogen-bond donors (Lipinski definition) is 2. The highest BCUT2D eigenvalue weighted by Crippen LogP contribution is 2.14. The molecular formula is C12H29Cl2N3O. The quantitative estimate of drug-likeness (QED) is 0.669. The number of carbonyl (C=O) groups excluding carboxylic acids is 1. The van der Waals surface area contributed by atoms with Crippen molar-refractivity contribution in [1.82, 2.24) is 15.5 Å². The molecule has 18 heavy (non-hydrogen) atoms. The van der Waals surface area contributed by atoms with Crippen LogP contribution in [0.25, 0.3) is 0 Å². The number of hydrogen-bond acceptors (Lipinski definition) is 3. The summed E-state index contributed by atoms with van der Waals surface area (Å²) >= 11 is 0. The summed E-state index contributed by atoms with van der Waals surface area (Å²) in [5.41, 5.74) is 0.127. The minimum absolute atomic E-state index is 0. The SMILES string of the molecule is CNCCCC(=O)NCC(C)(C)CN(C)C.Cl.Cl. The standard InChI is InChI=1S/C12H27N3O.2ClH/c1-12(2,10-15(4)5)9-14-11(16)7-6-8-13-3;;/h13H,6-10H2,1-5H3,(H,14,16);2*1H. The Morgan fingerprint density at radius 1 is 1.22 bits per heavy atom. The molecule has 0 saturated carbocycles. The first-order chi connectivity index (χ1) is 7.37. The summed E-state index contributed by atoms with van der Waals surface area (Å²) in [5, 5.41) is 6.03. The first kappa shape index (κ1) is 23.1. The van der Waals surface area contributed by atoms with Gasteiger partial charge >= 0.3 is 0 Å². The van der Waals surface area contributed by atoms with Crippen LogP contribution in [-0.2, 0) is 4.79 Å². The molecule has 0 radical (unpaired) electrons. The second-order valence-corrected chi connectivity index (χ2v) is 5.39. The van der Waals surface area contributed by atoms with Gasteiger partial charge in [0.25, 0.3) is 0 Å². The van der Waals surface area contributed by atoms with Crippen LogP contribution in [0.1, 0.15) is 26.7 Å². The van der Waals surface area contributed by atoms with Crippen LogP contribution in [0.4, 0.5) is 0 Å². The van der Waals surface area contributed by atoms with Gasteiger partial charge in [-0.05, 0) is 39.5 Å². The van der Waals surface area contributed by atoms with E-state index in [-0.39, 0.29) is 36.1 Å². The Labute approximate surface area is 124 Å². The third-order valence-corrected chi connectivity index (χ3v) is 2.34. The normalized spacial score (nSPS) is 10.6. The maximum atomic E-state index is 11.5. The zero-order valence-electron chi connectivity index (χ0n) is 12.2. The van der Waals surface area contributed by atoms with E-state index >= 15 is 0 Å². The van der Waals surface area contributed by atoms with Gasteiger partial charge in [0.15, 0.2) is 0 Å². The van der Waals surface area contributed by atoms with Crippen molar-refractivity contribution >= 4 is 30.7 Å². The molecule has 0 aliphatic rings. The molecule has 0 rings (SSSR count). The van der Waals surface area contributed by atoms with Gasteiger partial charge < -0.3 is 15.5 Å². The number of halogens is 2. The highest BCUT2D eigenvalue weighted by molar-refractivity contribution is 5.85. The molecule has 1 amide bonds. The van der Waals surface area contributed by atoms with E-state index in [1.807, 2.05) is 7.05 Å². The average Bonchev–Trinajstić information content (AvgIpc) is 2.13. The van der Waals surface area contributed by atoms with Gasteiger partial charge in [-0.2, -0.15) is 0 Å². The lowest BCUT2D eigenvalue weighted by Crippen LogP contribution is -2.40. The van der Waals surface area contributed by atoms with E-state index in [9.17, 15) is 4.79 Å². The second-order valence-electron chi connectivity index (χ2n) is 5.39. The lowest BCUT2D eigenvalue weighted by atomic mass is 9.93. The van der Waals surface area contributed by atoms with E-state index in [4.69, 9.17) is 0 Å². The third kappa shape index (κ3) is 14.0. The number of carbonyl (C=O) groups is 1. The summed E-state index contributed by atoms with van der Waals surface area (Å²) in [6.07, 6.45) is 1.51. The van der Waals surface area contributed by atoms with Gasteiger partial charge in [-0.25, -0.2) is 0 Å². The fourth-order valence-electron chi connectivity index (χ4n) is 1.76. The molecule has 2 N–H and O–H groups in total. The zero-order chi connectivity index (χ0) is 12.6. The molecule has 4 nitrogen and oxygen atoms in total. The molecule has 0 aliphatic carbocycles. The molecule has 0 aromatic carbocycles. The molecule has 6 heteroatoms. The average molecular weight is 302 g/mol. The van der Waals surface area contributed by atoms with E-state index in [0.29, 0.717) is 6.42 Å². The summed E-state index contributed by atoms with van der Waals surface area (Å²) in [6.45, 7) is 6.95. The van der Waals surface area contributed by atoms with Crippen LogP contribution in [0, 0.1) is 5.41 Å². The predicted molar refractivity (Wildman–Crippen MR) is 83.0 cm³/mol. The van der Waals surface area contributed by atoms with E-state index in [1.54, 1.807) is 0 Å². The summed E-state index contributed by atoms with van der Waals surface area (Å²) in [5.74, 6) is 0.155. The molecule has 0 aliphatic heterocycles. The smallest absolute Gasteiger partial charge is 0.220 e. The first-order valence-electron chi connectivity index (χ1n) is 5.93. The fraction of sp³-hybridized carbons (Fsp3) is 0.917. The molecule has 0 unspecified atom stereocenters. The van der Waals surface area contributed by atoms with Crippen LogP contribution < -0.4 is 10.6 Å². The first-order valence-corrected chi connectivity index (χ1v) is 5.93. The third-order valence-electron chi connectivity index (χ3n) is 2.34. The largest absolute Gasteiger partial charge is 0.356 e. The van der Waals surface area contributed by atoms with Crippen molar-refractivity contribution in [3.8, 4) is 0 Å². The predicted octanol–water partition coefficient (Wildman–Crippen LogP) is 1.53. The van der Waals surface area contributed by atoms with E-state index < -0.39 is 0 Å². The summed E-state index contributed by atoms with van der Waals surface area (Å²) < 4.78 is 0. The molecule has 0 bridgehead atoms. The van der Waals surface area contributed by atoms with E-state index in [2.05, 4.69) is 43.5 Å². The lowest BCUT2D eigenvalue weighted by Gasteiger charge is -2.28. The van der Waals surface area contributed by atoms with Crippen LogP contribution in [0.3, 0.4) is 0 Å². The monoisotopic (exact) mass is 301 g/mol. The Morgan fingerprint density at radius 3 is 2.22 bits per heavy atom. The molecule has 0 aromatic heterocycles. The molecule has 0 saturated heterocycles. The van der Waals surface area contributed by atoms with Crippen molar-refractivity contribution in [2.24, 2.45) is 5.41 Å². The van der Waals surface area contributed by atoms with Crippen molar-refractivity contribution in [2.45, 2.75) is 26.7 Å². The highest BCUT2D eigenvalue weighted by Gasteiger charge is 2.19. The fourth-order valence-corrected chi connectivity index (χ4v) is 1.76. The molecule has 112 valence electrons. The Kier molecular flexibility index (Phi) is 15.4. The number of amides is 1. The second kappa shape index (κ2) is 12.0. The van der Waals surface area contributed by atoms with Crippen LogP contribution in [-0.4, -0.2) is 51.6 Å². The molecular weight excluding hydrogens is 273 g/mol. The van der Waals surface area contributed by atoms with Crippen LogP contribution in [0.2, 0.25) is 0 Å². The van der Waals surface area contributed by atoms with Crippen LogP contribution in [0.15, 0.2) is 0 Å².